The maximum absolute atomic E-state index is 12.5. The molecule has 0 saturated carbocycles. The van der Waals surface area contributed by atoms with Crippen LogP contribution in [0, 0.1) is 0 Å². The van der Waals surface area contributed by atoms with Crippen molar-refractivity contribution in [2.24, 2.45) is 7.05 Å². The van der Waals surface area contributed by atoms with E-state index >= 15 is 0 Å². The van der Waals surface area contributed by atoms with Gasteiger partial charge in [0.15, 0.2) is 0 Å². The van der Waals surface area contributed by atoms with Crippen molar-refractivity contribution in [1.29, 1.82) is 0 Å². The van der Waals surface area contributed by atoms with E-state index in [-0.39, 0.29) is 11.9 Å². The van der Waals surface area contributed by atoms with Crippen LogP contribution in [0.4, 0.5) is 5.82 Å². The van der Waals surface area contributed by atoms with E-state index in [0.29, 0.717) is 5.69 Å². The number of nitrogens with zero attached hydrogens (tertiary/aromatic N) is 5. The van der Waals surface area contributed by atoms with Gasteiger partial charge in [-0.05, 0) is 37.1 Å². The van der Waals surface area contributed by atoms with Gasteiger partial charge in [-0.1, -0.05) is 15.9 Å². The summed E-state index contributed by atoms with van der Waals surface area (Å²) in [4.78, 5) is 23.6. The number of hydrogen-bond acceptors (Lipinski definition) is 5. The van der Waals surface area contributed by atoms with Crippen molar-refractivity contribution in [3.63, 3.8) is 0 Å². The summed E-state index contributed by atoms with van der Waals surface area (Å²) in [5.41, 5.74) is 1.48. The number of halogens is 1. The first-order chi connectivity index (χ1) is 12.6. The van der Waals surface area contributed by atoms with Crippen LogP contribution in [0.25, 0.3) is 10.9 Å². The van der Waals surface area contributed by atoms with Crippen LogP contribution in [-0.4, -0.2) is 44.8 Å². The van der Waals surface area contributed by atoms with Gasteiger partial charge in [0.05, 0.1) is 5.52 Å². The van der Waals surface area contributed by atoms with Gasteiger partial charge < -0.3 is 10.2 Å². The fourth-order valence-electron chi connectivity index (χ4n) is 3.41. The lowest BCUT2D eigenvalue weighted by Crippen LogP contribution is -2.48. The maximum Gasteiger partial charge on any atom is 0.269 e. The van der Waals surface area contributed by atoms with Crippen molar-refractivity contribution < 1.29 is 4.79 Å². The highest BCUT2D eigenvalue weighted by Crippen LogP contribution is 2.28. The summed E-state index contributed by atoms with van der Waals surface area (Å²) in [6, 6.07) is 7.80. The molecule has 26 heavy (non-hydrogen) atoms. The second-order valence-electron chi connectivity index (χ2n) is 6.46. The van der Waals surface area contributed by atoms with Crippen molar-refractivity contribution in [2.45, 2.75) is 18.9 Å². The van der Waals surface area contributed by atoms with Gasteiger partial charge in [-0.2, -0.15) is 5.10 Å². The van der Waals surface area contributed by atoms with E-state index in [9.17, 15) is 4.79 Å². The van der Waals surface area contributed by atoms with E-state index in [1.807, 2.05) is 18.2 Å². The minimum Gasteiger partial charge on any atom is -0.354 e. The molecule has 2 aromatic heterocycles. The van der Waals surface area contributed by atoms with Crippen LogP contribution in [0.15, 0.2) is 41.3 Å². The Morgan fingerprint density at radius 3 is 3.00 bits per heavy atom. The van der Waals surface area contributed by atoms with Gasteiger partial charge in [-0.25, -0.2) is 9.97 Å². The number of nitrogens with one attached hydrogen (secondary N) is 1. The quantitative estimate of drug-likeness (QED) is 0.712. The Hall–Kier alpha value is -2.48. The van der Waals surface area contributed by atoms with Crippen molar-refractivity contribution in [2.75, 3.05) is 18.0 Å². The summed E-state index contributed by atoms with van der Waals surface area (Å²) in [5, 5.41) is 8.20. The number of fused-ring (bicyclic) bond motifs is 1. The highest BCUT2D eigenvalue weighted by molar-refractivity contribution is 9.10. The number of rotatable bonds is 3. The molecule has 1 atom stereocenters. The standard InChI is InChI=1S/C18H19BrN6O/c1-24-16(6-7-22-24)18(26)23-13-3-2-8-25(10-13)17-14-9-12(19)4-5-15(14)20-11-21-17/h4-7,9,11,13H,2-3,8,10H2,1H3,(H,23,26). The number of carbonyl (C=O) groups is 1. The number of benzene rings is 1. The van der Waals surface area contributed by atoms with Crippen LogP contribution in [0.5, 0.6) is 0 Å². The predicted octanol–water partition coefficient (Wildman–Crippen LogP) is 2.52. The van der Waals surface area contributed by atoms with Gasteiger partial charge in [0.2, 0.25) is 0 Å². The molecular formula is C18H19BrN6O. The topological polar surface area (TPSA) is 75.9 Å². The van der Waals surface area contributed by atoms with E-state index in [1.165, 1.54) is 0 Å². The molecule has 1 saturated heterocycles. The van der Waals surface area contributed by atoms with Crippen molar-refractivity contribution in [3.8, 4) is 0 Å². The summed E-state index contributed by atoms with van der Waals surface area (Å²) in [5.74, 6) is 0.822. The SMILES string of the molecule is Cn1nccc1C(=O)NC1CCCN(c2ncnc3ccc(Br)cc23)C1. The Kier molecular flexibility index (Phi) is 4.58. The Morgan fingerprint density at radius 2 is 2.19 bits per heavy atom. The molecule has 0 bridgehead atoms. The zero-order valence-corrected chi connectivity index (χ0v) is 16.0. The molecule has 0 radical (unpaired) electrons. The molecule has 1 fully saturated rings. The molecule has 4 rings (SSSR count). The van der Waals surface area contributed by atoms with E-state index < -0.39 is 0 Å². The first-order valence-electron chi connectivity index (χ1n) is 8.56. The van der Waals surface area contributed by atoms with Gasteiger partial charge in [0, 0.05) is 42.2 Å². The van der Waals surface area contributed by atoms with E-state index in [1.54, 1.807) is 30.3 Å². The van der Waals surface area contributed by atoms with Crippen LogP contribution in [0.2, 0.25) is 0 Å². The van der Waals surface area contributed by atoms with E-state index in [2.05, 4.69) is 41.2 Å². The molecule has 1 aliphatic rings. The molecule has 3 aromatic rings. The minimum absolute atomic E-state index is 0.0725. The zero-order chi connectivity index (χ0) is 18.1. The zero-order valence-electron chi connectivity index (χ0n) is 14.4. The van der Waals surface area contributed by atoms with Crippen molar-refractivity contribution >= 4 is 38.6 Å². The average molecular weight is 415 g/mol. The van der Waals surface area contributed by atoms with Crippen molar-refractivity contribution in [3.05, 3.63) is 47.0 Å². The number of aryl methyl sites for hydroxylation is 1. The normalized spacial score (nSPS) is 17.5. The first kappa shape index (κ1) is 17.0. The third kappa shape index (κ3) is 3.29. The van der Waals surface area contributed by atoms with Gasteiger partial charge in [0.25, 0.3) is 5.91 Å². The summed E-state index contributed by atoms with van der Waals surface area (Å²) in [6.07, 6.45) is 5.18. The lowest BCUT2D eigenvalue weighted by Gasteiger charge is -2.34. The number of amides is 1. The van der Waals surface area contributed by atoms with Crippen LogP contribution >= 0.6 is 15.9 Å². The third-order valence-corrected chi connectivity index (χ3v) is 5.18. The van der Waals surface area contributed by atoms with E-state index in [4.69, 9.17) is 0 Å². The van der Waals surface area contributed by atoms with Gasteiger partial charge >= 0.3 is 0 Å². The largest absolute Gasteiger partial charge is 0.354 e. The lowest BCUT2D eigenvalue weighted by atomic mass is 10.0. The Bertz CT molecular complexity index is 956. The molecule has 134 valence electrons. The number of carbonyl (C=O) groups excluding carboxylic acids is 1. The van der Waals surface area contributed by atoms with Crippen LogP contribution < -0.4 is 10.2 Å². The fourth-order valence-corrected chi connectivity index (χ4v) is 3.77. The molecule has 0 spiro atoms. The first-order valence-corrected chi connectivity index (χ1v) is 9.35. The summed E-state index contributed by atoms with van der Waals surface area (Å²) < 4.78 is 2.59. The molecule has 8 heteroatoms. The smallest absolute Gasteiger partial charge is 0.269 e. The number of hydrogen-bond donors (Lipinski definition) is 1. The summed E-state index contributed by atoms with van der Waals surface area (Å²) >= 11 is 3.52. The highest BCUT2D eigenvalue weighted by Gasteiger charge is 2.24. The number of piperidine rings is 1. The summed E-state index contributed by atoms with van der Waals surface area (Å²) in [6.45, 7) is 1.64. The van der Waals surface area contributed by atoms with Crippen molar-refractivity contribution in [1.82, 2.24) is 25.1 Å². The van der Waals surface area contributed by atoms with Gasteiger partial charge in [-0.15, -0.1) is 0 Å². The van der Waals surface area contributed by atoms with E-state index in [0.717, 1.165) is 47.1 Å². The van der Waals surface area contributed by atoms with Crippen LogP contribution in [0.1, 0.15) is 23.3 Å². The molecule has 1 aliphatic heterocycles. The molecule has 7 nitrogen and oxygen atoms in total. The Morgan fingerprint density at radius 1 is 1.31 bits per heavy atom. The predicted molar refractivity (Wildman–Crippen MR) is 103 cm³/mol. The maximum atomic E-state index is 12.5. The molecular weight excluding hydrogens is 396 g/mol. The molecule has 1 N–H and O–H groups in total. The van der Waals surface area contributed by atoms with Crippen LogP contribution in [-0.2, 0) is 7.05 Å². The van der Waals surface area contributed by atoms with Crippen LogP contribution in [0.3, 0.4) is 0 Å². The average Bonchev–Trinajstić information content (AvgIpc) is 3.07. The second kappa shape index (κ2) is 7.03. The molecule has 1 unspecified atom stereocenters. The fraction of sp³-hybridized carbons (Fsp3) is 0.333. The van der Waals surface area contributed by atoms with Gasteiger partial charge in [-0.3, -0.25) is 9.48 Å². The number of aromatic nitrogens is 4. The third-order valence-electron chi connectivity index (χ3n) is 4.69. The minimum atomic E-state index is -0.0906. The monoisotopic (exact) mass is 414 g/mol. The molecule has 1 aromatic carbocycles. The van der Waals surface area contributed by atoms with Gasteiger partial charge in [0.1, 0.15) is 17.8 Å². The highest BCUT2D eigenvalue weighted by atomic mass is 79.9. The number of anilines is 1. The Labute approximate surface area is 159 Å². The molecule has 0 aliphatic carbocycles. The lowest BCUT2D eigenvalue weighted by molar-refractivity contribution is 0.0923. The molecule has 3 heterocycles. The second-order valence-corrected chi connectivity index (χ2v) is 7.37. The molecule has 1 amide bonds. The Balaban J connectivity index is 1.55. The summed E-state index contributed by atoms with van der Waals surface area (Å²) in [7, 11) is 1.77.